The Labute approximate surface area is 88.3 Å². The van der Waals surface area contributed by atoms with Crippen LogP contribution in [0.5, 0.6) is 0 Å². The van der Waals surface area contributed by atoms with Crippen molar-refractivity contribution in [2.45, 2.75) is 31.5 Å². The van der Waals surface area contributed by atoms with Crippen LogP contribution in [0.4, 0.5) is 0 Å². The summed E-state index contributed by atoms with van der Waals surface area (Å²) in [5.41, 5.74) is 0.972. The van der Waals surface area contributed by atoms with E-state index in [4.69, 9.17) is 0 Å². The molecule has 1 fully saturated rings. The first-order valence-corrected chi connectivity index (χ1v) is 5.33. The number of amides is 1. The number of benzene rings is 1. The average molecular weight is 203 g/mol. The predicted molar refractivity (Wildman–Crippen MR) is 54.7 cm³/mol. The smallest absolute Gasteiger partial charge is 0.225 e. The molecule has 0 spiro atoms. The van der Waals surface area contributed by atoms with Gasteiger partial charge in [-0.15, -0.1) is 0 Å². The van der Waals surface area contributed by atoms with E-state index in [1.807, 2.05) is 24.3 Å². The molecule has 0 aromatic heterocycles. The summed E-state index contributed by atoms with van der Waals surface area (Å²) >= 11 is 0. The van der Waals surface area contributed by atoms with Crippen molar-refractivity contribution in [3.05, 3.63) is 35.4 Å². The standard InChI is InChI=1S/C12H13NO2/c14-11-6-3-7-12(15)10-5-2-1-4-9(10)8-13(11)12/h1-2,4-5,15H,3,6-8H2. The summed E-state index contributed by atoms with van der Waals surface area (Å²) in [7, 11) is 0. The fraction of sp³-hybridized carbons (Fsp3) is 0.417. The number of hydrogen-bond acceptors (Lipinski definition) is 2. The van der Waals surface area contributed by atoms with Gasteiger partial charge in [0.25, 0.3) is 0 Å². The highest BCUT2D eigenvalue weighted by Gasteiger charge is 2.47. The lowest BCUT2D eigenvalue weighted by atomic mass is 9.93. The van der Waals surface area contributed by atoms with Gasteiger partial charge in [0.1, 0.15) is 0 Å². The van der Waals surface area contributed by atoms with E-state index in [0.717, 1.165) is 17.5 Å². The molecule has 0 bridgehead atoms. The van der Waals surface area contributed by atoms with Crippen molar-refractivity contribution in [1.29, 1.82) is 0 Å². The molecule has 3 heteroatoms. The van der Waals surface area contributed by atoms with Gasteiger partial charge in [-0.25, -0.2) is 0 Å². The van der Waals surface area contributed by atoms with Crippen LogP contribution in [0.2, 0.25) is 0 Å². The largest absolute Gasteiger partial charge is 0.367 e. The Kier molecular flexibility index (Phi) is 1.68. The first kappa shape index (κ1) is 8.92. The van der Waals surface area contributed by atoms with E-state index in [1.165, 1.54) is 0 Å². The SMILES string of the molecule is O=C1CCCC2(O)c3ccccc3CN12. The lowest BCUT2D eigenvalue weighted by Gasteiger charge is -2.38. The van der Waals surface area contributed by atoms with Crippen molar-refractivity contribution in [3.63, 3.8) is 0 Å². The number of aliphatic hydroxyl groups is 1. The third-order valence-electron chi connectivity index (χ3n) is 3.44. The van der Waals surface area contributed by atoms with Gasteiger partial charge in [0.2, 0.25) is 5.91 Å². The molecule has 3 rings (SSSR count). The minimum atomic E-state index is -1.02. The second kappa shape index (κ2) is 2.83. The van der Waals surface area contributed by atoms with E-state index in [1.54, 1.807) is 4.90 Å². The van der Waals surface area contributed by atoms with Gasteiger partial charge < -0.3 is 10.0 Å². The van der Waals surface area contributed by atoms with E-state index in [9.17, 15) is 9.90 Å². The molecule has 78 valence electrons. The maximum Gasteiger partial charge on any atom is 0.225 e. The first-order chi connectivity index (χ1) is 7.22. The van der Waals surface area contributed by atoms with Crippen LogP contribution in [0.3, 0.4) is 0 Å². The van der Waals surface area contributed by atoms with E-state index < -0.39 is 5.72 Å². The van der Waals surface area contributed by atoms with Crippen LogP contribution >= 0.6 is 0 Å². The van der Waals surface area contributed by atoms with Crippen molar-refractivity contribution < 1.29 is 9.90 Å². The number of carbonyl (C=O) groups excluding carboxylic acids is 1. The molecular weight excluding hydrogens is 190 g/mol. The van der Waals surface area contributed by atoms with E-state index in [0.29, 0.717) is 19.4 Å². The van der Waals surface area contributed by atoms with Crippen molar-refractivity contribution in [2.75, 3.05) is 0 Å². The number of nitrogens with zero attached hydrogens (tertiary/aromatic N) is 1. The molecular formula is C12H13NO2. The topological polar surface area (TPSA) is 40.5 Å². The molecule has 2 heterocycles. The molecule has 2 aliphatic heterocycles. The van der Waals surface area contributed by atoms with Gasteiger partial charge in [0, 0.05) is 24.9 Å². The van der Waals surface area contributed by atoms with E-state index in [-0.39, 0.29) is 5.91 Å². The minimum absolute atomic E-state index is 0.0694. The number of hydrogen-bond donors (Lipinski definition) is 1. The maximum absolute atomic E-state index is 11.7. The first-order valence-electron chi connectivity index (χ1n) is 5.33. The van der Waals surface area contributed by atoms with Crippen LogP contribution in [-0.4, -0.2) is 15.9 Å². The highest BCUT2D eigenvalue weighted by atomic mass is 16.3. The van der Waals surface area contributed by atoms with Crippen LogP contribution < -0.4 is 0 Å². The molecule has 1 N–H and O–H groups in total. The predicted octanol–water partition coefficient (Wildman–Crippen LogP) is 1.36. The summed E-state index contributed by atoms with van der Waals surface area (Å²) in [6.07, 6.45) is 2.01. The Morgan fingerprint density at radius 2 is 2.13 bits per heavy atom. The summed E-state index contributed by atoms with van der Waals surface area (Å²) in [6, 6.07) is 7.78. The quantitative estimate of drug-likeness (QED) is 0.691. The fourth-order valence-electron chi connectivity index (χ4n) is 2.68. The summed E-state index contributed by atoms with van der Waals surface area (Å²) in [4.78, 5) is 13.3. The normalized spacial score (nSPS) is 28.9. The van der Waals surface area contributed by atoms with Gasteiger partial charge in [-0.3, -0.25) is 4.79 Å². The van der Waals surface area contributed by atoms with Gasteiger partial charge >= 0.3 is 0 Å². The van der Waals surface area contributed by atoms with Crippen LogP contribution in [0.25, 0.3) is 0 Å². The molecule has 0 aliphatic carbocycles. The average Bonchev–Trinajstić information content (AvgIpc) is 2.54. The van der Waals surface area contributed by atoms with Gasteiger partial charge in [-0.2, -0.15) is 0 Å². The second-order valence-electron chi connectivity index (χ2n) is 4.31. The summed E-state index contributed by atoms with van der Waals surface area (Å²) < 4.78 is 0. The van der Waals surface area contributed by atoms with Crippen LogP contribution in [0.15, 0.2) is 24.3 Å². The molecule has 1 amide bonds. The highest BCUT2D eigenvalue weighted by molar-refractivity contribution is 5.79. The second-order valence-corrected chi connectivity index (χ2v) is 4.31. The lowest BCUT2D eigenvalue weighted by molar-refractivity contribution is -0.170. The highest BCUT2D eigenvalue weighted by Crippen LogP contribution is 2.43. The Hall–Kier alpha value is -1.35. The zero-order valence-corrected chi connectivity index (χ0v) is 8.44. The Bertz CT molecular complexity index is 429. The van der Waals surface area contributed by atoms with Crippen LogP contribution in [0, 0.1) is 0 Å². The summed E-state index contributed by atoms with van der Waals surface area (Å²) in [5, 5.41) is 10.5. The van der Waals surface area contributed by atoms with Gasteiger partial charge in [0.05, 0.1) is 0 Å². The molecule has 2 aliphatic rings. The van der Waals surface area contributed by atoms with Crippen molar-refractivity contribution in [3.8, 4) is 0 Å². The maximum atomic E-state index is 11.7. The van der Waals surface area contributed by atoms with Crippen molar-refractivity contribution >= 4 is 5.91 Å². The zero-order valence-electron chi connectivity index (χ0n) is 8.44. The summed E-state index contributed by atoms with van der Waals surface area (Å²) in [5.74, 6) is 0.0694. The van der Waals surface area contributed by atoms with Crippen LogP contribution in [0.1, 0.15) is 30.4 Å². The lowest BCUT2D eigenvalue weighted by Crippen LogP contribution is -2.47. The third-order valence-corrected chi connectivity index (χ3v) is 3.44. The summed E-state index contributed by atoms with van der Waals surface area (Å²) in [6.45, 7) is 0.561. The number of fused-ring (bicyclic) bond motifs is 3. The molecule has 0 saturated carbocycles. The number of rotatable bonds is 0. The molecule has 1 unspecified atom stereocenters. The Morgan fingerprint density at radius 1 is 1.33 bits per heavy atom. The number of carbonyl (C=O) groups is 1. The molecule has 0 radical (unpaired) electrons. The van der Waals surface area contributed by atoms with Crippen molar-refractivity contribution in [1.82, 2.24) is 4.90 Å². The molecule has 3 nitrogen and oxygen atoms in total. The monoisotopic (exact) mass is 203 g/mol. The Balaban J connectivity index is 2.14. The third kappa shape index (κ3) is 1.07. The van der Waals surface area contributed by atoms with E-state index >= 15 is 0 Å². The van der Waals surface area contributed by atoms with Crippen molar-refractivity contribution in [2.24, 2.45) is 0 Å². The minimum Gasteiger partial charge on any atom is -0.367 e. The van der Waals surface area contributed by atoms with E-state index in [2.05, 4.69) is 0 Å². The number of piperidine rings is 1. The molecule has 1 atom stereocenters. The van der Waals surface area contributed by atoms with Gasteiger partial charge in [-0.1, -0.05) is 24.3 Å². The molecule has 1 saturated heterocycles. The molecule has 15 heavy (non-hydrogen) atoms. The molecule has 1 aromatic rings. The van der Waals surface area contributed by atoms with Gasteiger partial charge in [-0.05, 0) is 12.0 Å². The van der Waals surface area contributed by atoms with Crippen LogP contribution in [-0.2, 0) is 17.1 Å². The van der Waals surface area contributed by atoms with Gasteiger partial charge in [0.15, 0.2) is 5.72 Å². The fourth-order valence-corrected chi connectivity index (χ4v) is 2.68. The Morgan fingerprint density at radius 3 is 3.00 bits per heavy atom. The molecule has 1 aromatic carbocycles. The zero-order chi connectivity index (χ0) is 10.5.